The van der Waals surface area contributed by atoms with Gasteiger partial charge in [-0.3, -0.25) is 57.7 Å². The van der Waals surface area contributed by atoms with Crippen LogP contribution in [0.25, 0.3) is 0 Å². The van der Waals surface area contributed by atoms with Gasteiger partial charge in [-0.1, -0.05) is 98.1 Å². The zero-order valence-electron chi connectivity index (χ0n) is 52.6. The maximum atomic E-state index is 14.4. The number of aliphatic hydroxyl groups excluding tert-OH is 3. The predicted molar refractivity (Wildman–Crippen MR) is 323 cm³/mol. The van der Waals surface area contributed by atoms with Crippen molar-refractivity contribution in [2.24, 2.45) is 40.1 Å². The highest BCUT2D eigenvalue weighted by molar-refractivity contribution is 6.00. The number of nitrogens with two attached hydrogens (primary N) is 2. The summed E-state index contributed by atoms with van der Waals surface area (Å²) in [5.74, 6) is -14.2. The number of likely N-dealkylation sites (N-methyl/N-ethyl adjacent to an activating group) is 1. The lowest BCUT2D eigenvalue weighted by Gasteiger charge is -2.32. The van der Waals surface area contributed by atoms with E-state index in [2.05, 4.69) is 68.8 Å². The maximum absolute atomic E-state index is 14.4. The molecule has 19 N–H and O–H groups in total. The van der Waals surface area contributed by atoms with Crippen LogP contribution >= 0.6 is 0 Å². The molecule has 498 valence electrons. The quantitative estimate of drug-likeness (QED) is 0.0300. The normalized spacial score (nSPS) is 23.0. The lowest BCUT2D eigenvalue weighted by Crippen LogP contribution is -2.64. The van der Waals surface area contributed by atoms with E-state index in [4.69, 9.17) is 16.2 Å². The van der Waals surface area contributed by atoms with Crippen LogP contribution in [-0.4, -0.2) is 204 Å². The van der Waals surface area contributed by atoms with Crippen molar-refractivity contribution >= 4 is 76.9 Å². The topological polar surface area (TPSA) is 484 Å². The number of nitrogens with zero attached hydrogens (tertiary/aromatic N) is 1. The number of carbonyl (C=O) groups excluding carboxylic acids is 12. The first-order valence-corrected chi connectivity index (χ1v) is 30.1. The van der Waals surface area contributed by atoms with Crippen LogP contribution < -0.4 is 75.3 Å². The van der Waals surface area contributed by atoms with E-state index >= 15 is 0 Å². The van der Waals surface area contributed by atoms with Gasteiger partial charge in [-0.15, -0.1) is 0 Å². The third kappa shape index (κ3) is 22.8. The standard InChI is InChI=1S/C58H95N15O16/c1-12-27(4)42(69-49(80)37(61-11)22-34-18-16-15-17-19-34)53(84)67-39(25-74)51(82)65-36(20-21-41(59)77)48(79)72-45(30(7)32(9)76)55(86)70-43(28(5)13-2)54(85)68-40(26-75)52(83)73-46-33(10)89-57(88)44(29(6)14-3)71-50(81)38(23-35-24-62-58(60)64-35)66-47(78)31(8)63-56(46)87/h15-19,27-33,35-40,42-46,61,74-76H,12-14,20-26H2,1-11H3,(H2,59,77)(H,63,87)(H,65,82)(H,66,78)(H,67,84)(H,68,85)(H,69,80)(H,70,86)(H,71,81)(H,72,79)(H,73,83)(H3,60,62,64)/t27-,28-,29-,30-,31-,32?,33-,35-,36+,37+,38-,39-,40-,42-,43-,44-,45+,46+/m0/s1. The Morgan fingerprint density at radius 3 is 1.67 bits per heavy atom. The van der Waals surface area contributed by atoms with Crippen molar-refractivity contribution in [3.05, 3.63) is 35.9 Å². The van der Waals surface area contributed by atoms with Crippen LogP contribution in [0.1, 0.15) is 113 Å². The van der Waals surface area contributed by atoms with Crippen LogP contribution in [0.5, 0.6) is 0 Å². The molecule has 31 nitrogen and oxygen atoms in total. The molecule has 2 aliphatic rings. The number of cyclic esters (lactones) is 1. The number of guanidine groups is 1. The van der Waals surface area contributed by atoms with Crippen LogP contribution in [0.3, 0.4) is 0 Å². The van der Waals surface area contributed by atoms with E-state index in [-0.39, 0.29) is 31.8 Å². The molecular formula is C58H95N15O16. The van der Waals surface area contributed by atoms with Gasteiger partial charge in [-0.05, 0) is 70.4 Å². The molecule has 2 aliphatic heterocycles. The Bertz CT molecular complexity index is 2650. The molecule has 0 bridgehead atoms. The highest BCUT2D eigenvalue weighted by atomic mass is 16.5. The first-order chi connectivity index (χ1) is 41.9. The lowest BCUT2D eigenvalue weighted by molar-refractivity contribution is -0.157. The molecule has 18 atom stereocenters. The van der Waals surface area contributed by atoms with E-state index in [0.717, 1.165) is 5.56 Å². The average Bonchev–Trinajstić information content (AvgIpc) is 2.41. The number of aliphatic imine (C=N–C) groups is 1. The molecule has 1 unspecified atom stereocenters. The van der Waals surface area contributed by atoms with Gasteiger partial charge in [0.15, 0.2) is 5.96 Å². The molecule has 0 aliphatic carbocycles. The fourth-order valence-electron chi connectivity index (χ4n) is 9.50. The molecule has 1 aromatic carbocycles. The van der Waals surface area contributed by atoms with Gasteiger partial charge in [0.2, 0.25) is 65.0 Å². The van der Waals surface area contributed by atoms with Crippen LogP contribution in [-0.2, 0) is 68.7 Å². The second-order valence-corrected chi connectivity index (χ2v) is 23.0. The Morgan fingerprint density at radius 1 is 0.652 bits per heavy atom. The highest BCUT2D eigenvalue weighted by Gasteiger charge is 2.42. The minimum atomic E-state index is -1.87. The minimum absolute atomic E-state index is 0.0211. The number of benzene rings is 1. The monoisotopic (exact) mass is 1260 g/mol. The van der Waals surface area contributed by atoms with Crippen LogP contribution in [0.2, 0.25) is 0 Å². The second-order valence-electron chi connectivity index (χ2n) is 23.0. The first-order valence-electron chi connectivity index (χ1n) is 30.1. The van der Waals surface area contributed by atoms with E-state index in [1.807, 2.05) is 30.3 Å². The van der Waals surface area contributed by atoms with Gasteiger partial charge in [-0.25, -0.2) is 4.79 Å². The average molecular weight is 1260 g/mol. The highest BCUT2D eigenvalue weighted by Crippen LogP contribution is 2.18. The number of primary amides is 1. The van der Waals surface area contributed by atoms with Crippen LogP contribution in [0, 0.1) is 23.7 Å². The van der Waals surface area contributed by atoms with E-state index in [1.165, 1.54) is 27.7 Å². The minimum Gasteiger partial charge on any atom is -0.458 e. The number of hydrogen-bond acceptors (Lipinski definition) is 20. The summed E-state index contributed by atoms with van der Waals surface area (Å²) in [6, 6.07) is -7.57. The number of hydrogen-bond donors (Lipinski definition) is 17. The van der Waals surface area contributed by atoms with Gasteiger partial charge < -0.3 is 95.3 Å². The fourth-order valence-corrected chi connectivity index (χ4v) is 9.50. The molecule has 3 rings (SSSR count). The first kappa shape index (κ1) is 75.2. The molecule has 1 saturated heterocycles. The van der Waals surface area contributed by atoms with Gasteiger partial charge in [0, 0.05) is 12.3 Å². The summed E-state index contributed by atoms with van der Waals surface area (Å²) in [5, 5.41) is 62.6. The third-order valence-corrected chi connectivity index (χ3v) is 16.2. The van der Waals surface area contributed by atoms with Crippen LogP contribution in [0.4, 0.5) is 0 Å². The van der Waals surface area contributed by atoms with Crippen LogP contribution in [0.15, 0.2) is 35.3 Å². The molecule has 0 saturated carbocycles. The summed E-state index contributed by atoms with van der Waals surface area (Å²) in [6.07, 6.45) is -2.60. The lowest BCUT2D eigenvalue weighted by atomic mass is 9.93. The Kier molecular flexibility index (Phi) is 30.8. The van der Waals surface area contributed by atoms with Crippen molar-refractivity contribution in [3.8, 4) is 0 Å². The zero-order chi connectivity index (χ0) is 67.0. The second kappa shape index (κ2) is 36.5. The number of aliphatic hydroxyl groups is 3. The summed E-state index contributed by atoms with van der Waals surface area (Å²) in [7, 11) is 1.58. The van der Waals surface area contributed by atoms with Gasteiger partial charge in [0.25, 0.3) is 0 Å². The van der Waals surface area contributed by atoms with Crippen molar-refractivity contribution in [3.63, 3.8) is 0 Å². The van der Waals surface area contributed by atoms with Crippen molar-refractivity contribution in [1.82, 2.24) is 63.8 Å². The molecule has 1 fully saturated rings. The third-order valence-electron chi connectivity index (χ3n) is 16.2. The molecule has 0 aromatic heterocycles. The molecule has 1 aromatic rings. The summed E-state index contributed by atoms with van der Waals surface area (Å²) >= 11 is 0. The maximum Gasteiger partial charge on any atom is 0.329 e. The molecular weight excluding hydrogens is 1160 g/mol. The number of rotatable bonds is 32. The Balaban J connectivity index is 1.87. The molecule has 31 heteroatoms. The molecule has 11 amide bonds. The Morgan fingerprint density at radius 2 is 1.17 bits per heavy atom. The largest absolute Gasteiger partial charge is 0.458 e. The van der Waals surface area contributed by atoms with Gasteiger partial charge in [0.1, 0.15) is 66.5 Å². The fraction of sp³-hybridized carbons (Fsp3) is 0.672. The van der Waals surface area contributed by atoms with Gasteiger partial charge >= 0.3 is 5.97 Å². The molecule has 89 heavy (non-hydrogen) atoms. The van der Waals surface area contributed by atoms with E-state index < -0.39 is 205 Å². The SMILES string of the molecule is CC[C@H](C)[C@H](NC(=O)[C@@H](Cc1ccccc1)NC)C(=O)N[C@@H](CO)C(=O)N[C@H](CCC(N)=O)C(=O)N[C@@H](C(=O)N[C@H](C(=O)N[C@@H](CO)C(=O)N[C@H]1C(=O)N[C@@H](C)C(=O)N[C@@H](C[C@H]2CN=C(N)N2)C(=O)N[C@@H]([C@@H](C)CC)C(=O)O[C@H]1C)[C@@H](C)CC)[C@@H](C)C(C)O. The zero-order valence-corrected chi connectivity index (χ0v) is 52.6. The number of amides is 11. The summed E-state index contributed by atoms with van der Waals surface area (Å²) in [6.45, 7) is 13.4. The summed E-state index contributed by atoms with van der Waals surface area (Å²) in [5.41, 5.74) is 12.1. The molecule has 0 radical (unpaired) electrons. The van der Waals surface area contributed by atoms with E-state index in [9.17, 15) is 72.9 Å². The van der Waals surface area contributed by atoms with Crippen molar-refractivity contribution in [2.45, 2.75) is 199 Å². The van der Waals surface area contributed by atoms with Gasteiger partial charge in [0.05, 0.1) is 37.9 Å². The molecule has 0 spiro atoms. The number of carbonyl (C=O) groups is 12. The van der Waals surface area contributed by atoms with Crippen molar-refractivity contribution in [1.29, 1.82) is 0 Å². The Labute approximate surface area is 518 Å². The number of nitrogens with one attached hydrogen (secondary N) is 12. The van der Waals surface area contributed by atoms with Gasteiger partial charge in [-0.2, -0.15) is 0 Å². The number of esters is 1. The summed E-state index contributed by atoms with van der Waals surface area (Å²) in [4.78, 5) is 170. The summed E-state index contributed by atoms with van der Waals surface area (Å²) < 4.78 is 5.72. The predicted octanol–water partition coefficient (Wildman–Crippen LogP) is -5.29. The van der Waals surface area contributed by atoms with E-state index in [0.29, 0.717) is 12.8 Å². The van der Waals surface area contributed by atoms with Crippen molar-refractivity contribution in [2.75, 3.05) is 26.8 Å². The Hall–Kier alpha value is -8.03. The van der Waals surface area contributed by atoms with E-state index in [1.54, 1.807) is 48.6 Å². The number of ether oxygens (including phenoxy) is 1. The smallest absolute Gasteiger partial charge is 0.329 e. The van der Waals surface area contributed by atoms with Crippen molar-refractivity contribution < 1.29 is 77.6 Å². The molecule has 2 heterocycles.